The van der Waals surface area contributed by atoms with Gasteiger partial charge in [0.05, 0.1) is 0 Å². The summed E-state index contributed by atoms with van der Waals surface area (Å²) in [6.45, 7) is 0.970. The highest BCUT2D eigenvalue weighted by molar-refractivity contribution is 5.45. The number of likely N-dealkylation sites (N-methyl/N-ethyl adjacent to an activating group) is 1. The molecule has 2 aliphatic carbocycles. The van der Waals surface area contributed by atoms with Crippen LogP contribution in [-0.4, -0.2) is 13.6 Å². The maximum atomic E-state index is 14.0. The number of hydrogen-bond donors (Lipinski definition) is 1. The Bertz CT molecular complexity index is 409. The summed E-state index contributed by atoms with van der Waals surface area (Å²) in [6, 6.07) is 5.60. The van der Waals surface area contributed by atoms with Crippen molar-refractivity contribution in [2.45, 2.75) is 37.0 Å². The van der Waals surface area contributed by atoms with Gasteiger partial charge in [-0.1, -0.05) is 18.6 Å². The minimum atomic E-state index is 0.0239. The summed E-state index contributed by atoms with van der Waals surface area (Å²) in [5.41, 5.74) is 2.50. The van der Waals surface area contributed by atoms with Crippen LogP contribution in [0.4, 0.5) is 4.39 Å². The van der Waals surface area contributed by atoms with E-state index in [2.05, 4.69) is 11.4 Å². The summed E-state index contributed by atoms with van der Waals surface area (Å²) in [5.74, 6) is 0.534. The van der Waals surface area contributed by atoms with Crippen molar-refractivity contribution < 1.29 is 4.39 Å². The smallest absolute Gasteiger partial charge is 0.127 e. The lowest BCUT2D eigenvalue weighted by molar-refractivity contribution is 0.226. The molecule has 1 fully saturated rings. The van der Waals surface area contributed by atoms with Crippen molar-refractivity contribution in [3.63, 3.8) is 0 Å². The van der Waals surface area contributed by atoms with Gasteiger partial charge >= 0.3 is 0 Å². The SMILES string of the molecule is CNCC1CC2(CCC2)c2c(F)cccc21. The Morgan fingerprint density at radius 2 is 2.25 bits per heavy atom. The minimum absolute atomic E-state index is 0.0239. The molecule has 3 rings (SSSR count). The fraction of sp³-hybridized carbons (Fsp3) is 0.571. The molecule has 0 heterocycles. The zero-order valence-electron chi connectivity index (χ0n) is 9.72. The molecule has 16 heavy (non-hydrogen) atoms. The number of rotatable bonds is 2. The predicted molar refractivity (Wildman–Crippen MR) is 63.2 cm³/mol. The summed E-state index contributed by atoms with van der Waals surface area (Å²) >= 11 is 0. The molecule has 0 aromatic heterocycles. The van der Waals surface area contributed by atoms with Crippen LogP contribution in [0, 0.1) is 5.82 Å². The van der Waals surface area contributed by atoms with E-state index in [1.165, 1.54) is 24.8 Å². The number of benzene rings is 1. The largest absolute Gasteiger partial charge is 0.319 e. The maximum absolute atomic E-state index is 14.0. The van der Waals surface area contributed by atoms with E-state index in [1.54, 1.807) is 6.07 Å². The Morgan fingerprint density at radius 3 is 2.88 bits per heavy atom. The van der Waals surface area contributed by atoms with Crippen LogP contribution in [0.1, 0.15) is 42.7 Å². The quantitative estimate of drug-likeness (QED) is 0.806. The van der Waals surface area contributed by atoms with Gasteiger partial charge in [-0.15, -0.1) is 0 Å². The summed E-state index contributed by atoms with van der Waals surface area (Å²) < 4.78 is 14.0. The predicted octanol–water partition coefficient (Wildman–Crippen LogP) is 2.95. The van der Waals surface area contributed by atoms with Gasteiger partial charge in [-0.25, -0.2) is 4.39 Å². The van der Waals surface area contributed by atoms with E-state index in [9.17, 15) is 4.39 Å². The molecule has 1 N–H and O–H groups in total. The summed E-state index contributed by atoms with van der Waals surface area (Å²) in [5, 5.41) is 3.23. The van der Waals surface area contributed by atoms with Gasteiger partial charge < -0.3 is 5.32 Å². The third-order valence-corrected chi connectivity index (χ3v) is 4.41. The van der Waals surface area contributed by atoms with Crippen LogP contribution in [0.3, 0.4) is 0 Å². The average Bonchev–Trinajstić information content (AvgIpc) is 2.55. The lowest BCUT2D eigenvalue weighted by atomic mass is 9.65. The normalized spacial score (nSPS) is 25.5. The van der Waals surface area contributed by atoms with Crippen LogP contribution in [-0.2, 0) is 5.41 Å². The number of hydrogen-bond acceptors (Lipinski definition) is 1. The molecule has 0 aliphatic heterocycles. The van der Waals surface area contributed by atoms with E-state index in [-0.39, 0.29) is 11.2 Å². The molecule has 86 valence electrons. The minimum Gasteiger partial charge on any atom is -0.319 e. The molecule has 1 spiro atoms. The molecule has 1 aromatic rings. The number of fused-ring (bicyclic) bond motifs is 2. The van der Waals surface area contributed by atoms with Crippen molar-refractivity contribution in [3.05, 3.63) is 35.1 Å². The van der Waals surface area contributed by atoms with Crippen LogP contribution < -0.4 is 5.32 Å². The van der Waals surface area contributed by atoms with Crippen LogP contribution in [0.2, 0.25) is 0 Å². The molecule has 0 amide bonds. The molecule has 0 bridgehead atoms. The van der Waals surface area contributed by atoms with E-state index in [1.807, 2.05) is 13.1 Å². The molecule has 2 heteroatoms. The Balaban J connectivity index is 2.07. The van der Waals surface area contributed by atoms with E-state index in [0.717, 1.165) is 18.5 Å². The van der Waals surface area contributed by atoms with Gasteiger partial charge in [0.1, 0.15) is 5.82 Å². The molecule has 1 saturated carbocycles. The van der Waals surface area contributed by atoms with Gasteiger partial charge in [-0.05, 0) is 54.8 Å². The first kappa shape index (κ1) is 10.3. The van der Waals surface area contributed by atoms with Crippen molar-refractivity contribution in [1.82, 2.24) is 5.32 Å². The van der Waals surface area contributed by atoms with Gasteiger partial charge in [0, 0.05) is 6.54 Å². The summed E-state index contributed by atoms with van der Waals surface area (Å²) in [6.07, 6.45) is 4.77. The van der Waals surface area contributed by atoms with E-state index in [4.69, 9.17) is 0 Å². The zero-order chi connectivity index (χ0) is 11.2. The fourth-order valence-electron chi connectivity index (χ4n) is 3.61. The molecule has 0 saturated heterocycles. The highest BCUT2D eigenvalue weighted by Gasteiger charge is 2.48. The summed E-state index contributed by atoms with van der Waals surface area (Å²) in [4.78, 5) is 0. The fourth-order valence-corrected chi connectivity index (χ4v) is 3.61. The summed E-state index contributed by atoms with van der Waals surface area (Å²) in [7, 11) is 1.98. The lowest BCUT2D eigenvalue weighted by Gasteiger charge is -2.39. The molecule has 1 unspecified atom stereocenters. The van der Waals surface area contributed by atoms with E-state index >= 15 is 0 Å². The molecular formula is C14H18FN. The Kier molecular flexibility index (Phi) is 2.28. The van der Waals surface area contributed by atoms with Crippen molar-refractivity contribution in [3.8, 4) is 0 Å². The second-order valence-electron chi connectivity index (χ2n) is 5.30. The van der Waals surface area contributed by atoms with Gasteiger partial charge in [0.15, 0.2) is 0 Å². The Labute approximate surface area is 96.1 Å². The maximum Gasteiger partial charge on any atom is 0.127 e. The molecule has 1 nitrogen and oxygen atoms in total. The standard InChI is InChI=1S/C14H18FN/c1-16-9-10-8-14(6-3-7-14)13-11(10)4-2-5-12(13)15/h2,4-5,10,16H,3,6-9H2,1H3. The number of nitrogens with one attached hydrogen (secondary N) is 1. The van der Waals surface area contributed by atoms with Crippen LogP contribution in [0.15, 0.2) is 18.2 Å². The highest BCUT2D eigenvalue weighted by Crippen LogP contribution is 2.57. The molecule has 1 aromatic carbocycles. The number of halogens is 1. The first-order valence-electron chi connectivity index (χ1n) is 6.20. The highest BCUT2D eigenvalue weighted by atomic mass is 19.1. The van der Waals surface area contributed by atoms with Gasteiger partial charge in [0.2, 0.25) is 0 Å². The van der Waals surface area contributed by atoms with Crippen LogP contribution in [0.25, 0.3) is 0 Å². The second kappa shape index (κ2) is 3.56. The third kappa shape index (κ3) is 1.26. The zero-order valence-corrected chi connectivity index (χ0v) is 9.72. The molecule has 1 atom stereocenters. The monoisotopic (exact) mass is 219 g/mol. The topological polar surface area (TPSA) is 12.0 Å². The van der Waals surface area contributed by atoms with Crippen molar-refractivity contribution in [2.75, 3.05) is 13.6 Å². The Hall–Kier alpha value is -0.890. The van der Waals surface area contributed by atoms with Gasteiger partial charge in [-0.2, -0.15) is 0 Å². The first-order chi connectivity index (χ1) is 7.77. The first-order valence-corrected chi connectivity index (χ1v) is 6.20. The van der Waals surface area contributed by atoms with Crippen molar-refractivity contribution in [2.24, 2.45) is 0 Å². The van der Waals surface area contributed by atoms with E-state index in [0.29, 0.717) is 5.92 Å². The lowest BCUT2D eigenvalue weighted by Crippen LogP contribution is -2.33. The molecule has 0 radical (unpaired) electrons. The van der Waals surface area contributed by atoms with Crippen LogP contribution >= 0.6 is 0 Å². The second-order valence-corrected chi connectivity index (χ2v) is 5.30. The van der Waals surface area contributed by atoms with Crippen molar-refractivity contribution in [1.29, 1.82) is 0 Å². The van der Waals surface area contributed by atoms with E-state index < -0.39 is 0 Å². The van der Waals surface area contributed by atoms with Crippen LogP contribution in [0.5, 0.6) is 0 Å². The Morgan fingerprint density at radius 1 is 1.44 bits per heavy atom. The van der Waals surface area contributed by atoms with Gasteiger partial charge in [0.25, 0.3) is 0 Å². The van der Waals surface area contributed by atoms with Crippen molar-refractivity contribution >= 4 is 0 Å². The third-order valence-electron chi connectivity index (χ3n) is 4.41. The average molecular weight is 219 g/mol. The van der Waals surface area contributed by atoms with Gasteiger partial charge in [-0.3, -0.25) is 0 Å². The molecule has 2 aliphatic rings. The molecular weight excluding hydrogens is 201 g/mol.